The monoisotopic (exact) mass is 488 g/mol. The zero-order valence-electron chi connectivity index (χ0n) is 19.8. The van der Waals surface area contributed by atoms with Crippen LogP contribution in [0.4, 0.5) is 5.95 Å². The van der Waals surface area contributed by atoms with Gasteiger partial charge in [-0.1, -0.05) is 6.07 Å². The van der Waals surface area contributed by atoms with Crippen LogP contribution in [0.25, 0.3) is 0 Å². The van der Waals surface area contributed by atoms with E-state index in [1.807, 2.05) is 12.1 Å². The molecule has 1 aromatic heterocycles. The number of hydrogen-bond acceptors (Lipinski definition) is 8. The minimum Gasteiger partial charge on any atom is -0.494 e. The van der Waals surface area contributed by atoms with Crippen LogP contribution in [-0.2, 0) is 27.7 Å². The van der Waals surface area contributed by atoms with Gasteiger partial charge in [0.2, 0.25) is 16.0 Å². The first-order valence-electron chi connectivity index (χ1n) is 11.7. The van der Waals surface area contributed by atoms with Crippen LogP contribution in [0.15, 0.2) is 30.6 Å². The molecule has 10 heteroatoms. The van der Waals surface area contributed by atoms with Gasteiger partial charge in [-0.3, -0.25) is 0 Å². The van der Waals surface area contributed by atoms with Crippen molar-refractivity contribution in [2.24, 2.45) is 5.92 Å². The number of nitrogens with zero attached hydrogens (tertiary/aromatic N) is 4. The van der Waals surface area contributed by atoms with Crippen molar-refractivity contribution >= 4 is 21.9 Å². The zero-order valence-corrected chi connectivity index (χ0v) is 20.6. The summed E-state index contributed by atoms with van der Waals surface area (Å²) in [4.78, 5) is 22.3. The smallest absolute Gasteiger partial charge is 0.341 e. The van der Waals surface area contributed by atoms with E-state index in [9.17, 15) is 13.2 Å². The third kappa shape index (κ3) is 6.04. The maximum atomic E-state index is 11.8. The molecule has 0 aliphatic carbocycles. The second-order valence-electron chi connectivity index (χ2n) is 8.96. The molecule has 0 amide bonds. The van der Waals surface area contributed by atoms with E-state index in [0.717, 1.165) is 50.1 Å². The van der Waals surface area contributed by atoms with E-state index in [-0.39, 0.29) is 0 Å². The van der Waals surface area contributed by atoms with Gasteiger partial charge in [0.25, 0.3) is 0 Å². The van der Waals surface area contributed by atoms with E-state index < -0.39 is 16.0 Å². The summed E-state index contributed by atoms with van der Waals surface area (Å²) in [7, 11) is -1.81. The summed E-state index contributed by atoms with van der Waals surface area (Å²) in [5.41, 5.74) is 2.59. The standard InChI is InChI=1S/C24H32N4O5S/c1-32-23(29)21-15-25-24(26-16-21)27-10-7-18(8-11-27)4-3-13-33-22-6-5-20-17-28(34(2,30)31)12-9-19(20)14-22/h5-6,14-16,18H,3-4,7-13,17H2,1-2H3. The van der Waals surface area contributed by atoms with Crippen LogP contribution in [0.1, 0.15) is 47.2 Å². The number of hydrogen-bond donors (Lipinski definition) is 0. The molecule has 2 aliphatic rings. The van der Waals surface area contributed by atoms with Gasteiger partial charge in [0, 0.05) is 38.6 Å². The van der Waals surface area contributed by atoms with Crippen LogP contribution >= 0.6 is 0 Å². The Hall–Kier alpha value is -2.72. The quantitative estimate of drug-likeness (QED) is 0.413. The summed E-state index contributed by atoms with van der Waals surface area (Å²) in [6.45, 7) is 3.44. The molecule has 2 aromatic rings. The summed E-state index contributed by atoms with van der Waals surface area (Å²) in [6, 6.07) is 5.98. The van der Waals surface area contributed by atoms with Crippen LogP contribution in [-0.4, -0.2) is 68.3 Å². The molecule has 0 atom stereocenters. The highest BCUT2D eigenvalue weighted by Crippen LogP contribution is 2.27. The van der Waals surface area contributed by atoms with Crippen LogP contribution in [0, 0.1) is 5.92 Å². The van der Waals surface area contributed by atoms with Crippen molar-refractivity contribution in [3.05, 3.63) is 47.3 Å². The normalized spacial score (nSPS) is 17.3. The Bertz CT molecular complexity index is 1100. The predicted octanol–water partition coefficient (Wildman–Crippen LogP) is 2.66. The number of piperidine rings is 1. The van der Waals surface area contributed by atoms with Crippen LogP contribution < -0.4 is 9.64 Å². The van der Waals surface area contributed by atoms with Crippen molar-refractivity contribution in [2.45, 2.75) is 38.6 Å². The molecule has 1 fully saturated rings. The lowest BCUT2D eigenvalue weighted by Gasteiger charge is -2.32. The summed E-state index contributed by atoms with van der Waals surface area (Å²) in [5, 5.41) is 0. The predicted molar refractivity (Wildman–Crippen MR) is 128 cm³/mol. The largest absolute Gasteiger partial charge is 0.494 e. The maximum Gasteiger partial charge on any atom is 0.341 e. The highest BCUT2D eigenvalue weighted by molar-refractivity contribution is 7.88. The van der Waals surface area contributed by atoms with Crippen molar-refractivity contribution in [1.29, 1.82) is 0 Å². The molecule has 0 bridgehead atoms. The van der Waals surface area contributed by atoms with Gasteiger partial charge >= 0.3 is 5.97 Å². The van der Waals surface area contributed by atoms with Crippen LogP contribution in [0.5, 0.6) is 5.75 Å². The van der Waals surface area contributed by atoms with Crippen LogP contribution in [0.2, 0.25) is 0 Å². The summed E-state index contributed by atoms with van der Waals surface area (Å²) in [6.07, 6.45) is 9.28. The number of esters is 1. The first-order valence-corrected chi connectivity index (χ1v) is 13.5. The fourth-order valence-corrected chi connectivity index (χ4v) is 5.36. The van der Waals surface area contributed by atoms with Gasteiger partial charge in [-0.2, -0.15) is 4.31 Å². The number of anilines is 1. The minimum atomic E-state index is -3.16. The van der Waals surface area contributed by atoms with Gasteiger partial charge in [0.15, 0.2) is 0 Å². The lowest BCUT2D eigenvalue weighted by atomic mass is 9.92. The summed E-state index contributed by atoms with van der Waals surface area (Å²) in [5.74, 6) is 1.73. The Balaban J connectivity index is 1.18. The van der Waals surface area contributed by atoms with Crippen molar-refractivity contribution in [3.8, 4) is 5.75 Å². The Labute approximate surface area is 201 Å². The van der Waals surface area contributed by atoms with Gasteiger partial charge in [0.05, 0.1) is 25.5 Å². The second-order valence-corrected chi connectivity index (χ2v) is 10.9. The third-order valence-electron chi connectivity index (χ3n) is 6.61. The minimum absolute atomic E-state index is 0.357. The molecule has 3 heterocycles. The molecule has 184 valence electrons. The molecule has 0 radical (unpaired) electrons. The highest BCUT2D eigenvalue weighted by Gasteiger charge is 2.24. The second kappa shape index (κ2) is 10.7. The lowest BCUT2D eigenvalue weighted by Crippen LogP contribution is -2.35. The molecular formula is C24H32N4O5S. The molecule has 0 saturated carbocycles. The molecular weight excluding hydrogens is 456 g/mol. The molecule has 4 rings (SSSR count). The van der Waals surface area contributed by atoms with Crippen molar-refractivity contribution < 1.29 is 22.7 Å². The maximum absolute atomic E-state index is 11.8. The molecule has 2 aliphatic heterocycles. The molecule has 1 saturated heterocycles. The van der Waals surface area contributed by atoms with Gasteiger partial charge in [0.1, 0.15) is 5.75 Å². The summed E-state index contributed by atoms with van der Waals surface area (Å²) < 4.78 is 35.8. The van der Waals surface area contributed by atoms with E-state index in [2.05, 4.69) is 25.7 Å². The number of fused-ring (bicyclic) bond motifs is 1. The number of benzene rings is 1. The fourth-order valence-electron chi connectivity index (χ4n) is 4.57. The number of carbonyl (C=O) groups is 1. The topological polar surface area (TPSA) is 102 Å². The van der Waals surface area contributed by atoms with E-state index in [4.69, 9.17) is 4.74 Å². The Morgan fingerprint density at radius 1 is 1.12 bits per heavy atom. The van der Waals surface area contributed by atoms with E-state index in [0.29, 0.717) is 43.5 Å². The van der Waals surface area contributed by atoms with Crippen molar-refractivity contribution in [2.75, 3.05) is 44.5 Å². The van der Waals surface area contributed by atoms with Gasteiger partial charge < -0.3 is 14.4 Å². The van der Waals surface area contributed by atoms with Gasteiger partial charge in [-0.05, 0) is 61.3 Å². The van der Waals surface area contributed by atoms with Gasteiger partial charge in [-0.25, -0.2) is 23.2 Å². The lowest BCUT2D eigenvalue weighted by molar-refractivity contribution is 0.0599. The average molecular weight is 489 g/mol. The van der Waals surface area contributed by atoms with E-state index in [1.54, 1.807) is 0 Å². The van der Waals surface area contributed by atoms with Crippen LogP contribution in [0.3, 0.4) is 0 Å². The Morgan fingerprint density at radius 3 is 2.53 bits per heavy atom. The molecule has 34 heavy (non-hydrogen) atoms. The SMILES string of the molecule is COC(=O)c1cnc(N2CCC(CCCOc3ccc4c(c3)CCN(S(C)(=O)=O)C4)CC2)nc1. The molecule has 0 N–H and O–H groups in total. The van der Waals surface area contributed by atoms with Gasteiger partial charge in [-0.15, -0.1) is 0 Å². The highest BCUT2D eigenvalue weighted by atomic mass is 32.2. The third-order valence-corrected chi connectivity index (χ3v) is 7.86. The number of methoxy groups -OCH3 is 1. The first-order chi connectivity index (χ1) is 16.3. The molecule has 0 unspecified atom stereocenters. The number of aromatic nitrogens is 2. The number of sulfonamides is 1. The molecule has 9 nitrogen and oxygen atoms in total. The number of rotatable bonds is 8. The van der Waals surface area contributed by atoms with E-state index >= 15 is 0 Å². The first kappa shape index (κ1) is 24.4. The Morgan fingerprint density at radius 2 is 1.85 bits per heavy atom. The molecule has 1 aromatic carbocycles. The van der Waals surface area contributed by atoms with Crippen molar-refractivity contribution in [1.82, 2.24) is 14.3 Å². The number of carbonyl (C=O) groups excluding carboxylic acids is 1. The molecule has 0 spiro atoms. The Kier molecular flexibility index (Phi) is 7.67. The fraction of sp³-hybridized carbons (Fsp3) is 0.542. The van der Waals surface area contributed by atoms with E-state index in [1.165, 1.54) is 35.6 Å². The van der Waals surface area contributed by atoms with Crippen molar-refractivity contribution in [3.63, 3.8) is 0 Å². The average Bonchev–Trinajstić information content (AvgIpc) is 2.85. The zero-order chi connectivity index (χ0) is 24.1. The number of ether oxygens (including phenoxy) is 2. The summed E-state index contributed by atoms with van der Waals surface area (Å²) >= 11 is 0.